The Balaban J connectivity index is 0.00000420. The molecule has 2 aliphatic heterocycles. The lowest BCUT2D eigenvalue weighted by atomic mass is 9.95. The molecule has 3 heterocycles. The molecule has 2 saturated heterocycles. The van der Waals surface area contributed by atoms with Gasteiger partial charge in [-0.1, -0.05) is 34.6 Å². The highest BCUT2D eigenvalue weighted by Crippen LogP contribution is 2.25. The zero-order valence-corrected chi connectivity index (χ0v) is 28.4. The number of thioether (sulfide) groups is 1. The minimum atomic E-state index is -3.64. The van der Waals surface area contributed by atoms with E-state index in [1.54, 1.807) is 18.0 Å². The number of piperidine rings is 1. The van der Waals surface area contributed by atoms with Gasteiger partial charge in [0.25, 0.3) is 16.1 Å². The third-order valence-electron chi connectivity index (χ3n) is 6.72. The fourth-order valence-corrected chi connectivity index (χ4v) is 6.53. The number of hydrogen-bond acceptors (Lipinski definition) is 9. The van der Waals surface area contributed by atoms with E-state index in [1.165, 1.54) is 4.31 Å². The van der Waals surface area contributed by atoms with Gasteiger partial charge in [-0.3, -0.25) is 4.79 Å². The summed E-state index contributed by atoms with van der Waals surface area (Å²) in [7, 11) is -3.64. The number of rotatable bonds is 12. The van der Waals surface area contributed by atoms with E-state index in [0.717, 1.165) is 12.2 Å². The number of morpholine rings is 1. The number of hydrogen-bond donors (Lipinski definition) is 3. The van der Waals surface area contributed by atoms with Gasteiger partial charge < -0.3 is 20.3 Å². The first-order valence-electron chi connectivity index (χ1n) is 13.9. The van der Waals surface area contributed by atoms with Crippen molar-refractivity contribution >= 4 is 58.5 Å². The predicted molar refractivity (Wildman–Crippen MR) is 172 cm³/mol. The van der Waals surface area contributed by atoms with Gasteiger partial charge in [-0.25, -0.2) is 9.97 Å². The fourth-order valence-electron chi connectivity index (χ4n) is 4.72. The number of aromatic nitrogens is 2. The third kappa shape index (κ3) is 11.3. The number of amides is 1. The lowest BCUT2D eigenvalue weighted by Crippen LogP contribution is -2.59. The molecule has 2 aliphatic rings. The minimum absolute atomic E-state index is 0. The zero-order chi connectivity index (χ0) is 28.6. The van der Waals surface area contributed by atoms with Gasteiger partial charge in [-0.05, 0) is 30.8 Å². The molecule has 11 nitrogen and oxygen atoms in total. The number of halogens is 2. The number of carbonyl (C=O) groups is 1. The summed E-state index contributed by atoms with van der Waals surface area (Å²) in [5.41, 5.74) is 0.191. The molecular weight excluding hydrogens is 609 g/mol. The molecule has 41 heavy (non-hydrogen) atoms. The van der Waals surface area contributed by atoms with Crippen LogP contribution in [0.5, 0.6) is 0 Å². The Bertz CT molecular complexity index is 1050. The van der Waals surface area contributed by atoms with Crippen LogP contribution in [0.1, 0.15) is 63.6 Å². The summed E-state index contributed by atoms with van der Waals surface area (Å²) in [5, 5.41) is 6.74. The van der Waals surface area contributed by atoms with E-state index < -0.39 is 10.2 Å². The molecule has 15 heteroatoms. The SMILES string of the molecule is CSCCCNc1nc(C(C)(C)C)ncc1C(=O)N(CC(C)C)[C@@H]1CNC[C@H](NS(=O)(=O)N2CCOCC2)C1.Cl.Cl. The number of carbonyl (C=O) groups excluding carboxylic acids is 1. The van der Waals surface area contributed by atoms with Gasteiger partial charge in [0, 0.05) is 63.0 Å². The van der Waals surface area contributed by atoms with Gasteiger partial charge in [-0.2, -0.15) is 29.2 Å². The molecule has 0 bridgehead atoms. The molecule has 0 spiro atoms. The molecule has 3 N–H and O–H groups in total. The van der Waals surface area contributed by atoms with Crippen molar-refractivity contribution in [2.75, 3.05) is 69.8 Å². The Morgan fingerprint density at radius 2 is 1.93 bits per heavy atom. The molecule has 0 unspecified atom stereocenters. The quantitative estimate of drug-likeness (QED) is 0.291. The maximum atomic E-state index is 14.1. The predicted octanol–water partition coefficient (Wildman–Crippen LogP) is 2.78. The summed E-state index contributed by atoms with van der Waals surface area (Å²) in [4.78, 5) is 25.3. The van der Waals surface area contributed by atoms with Crippen LogP contribution in [0.15, 0.2) is 6.20 Å². The second-order valence-electron chi connectivity index (χ2n) is 11.7. The molecule has 0 aliphatic carbocycles. The van der Waals surface area contributed by atoms with Crippen LogP contribution >= 0.6 is 36.6 Å². The second-order valence-corrected chi connectivity index (χ2v) is 14.4. The van der Waals surface area contributed by atoms with E-state index in [-0.39, 0.29) is 54.1 Å². The summed E-state index contributed by atoms with van der Waals surface area (Å²) >= 11 is 1.79. The molecule has 2 fully saturated rings. The summed E-state index contributed by atoms with van der Waals surface area (Å²) < 4.78 is 35.6. The highest BCUT2D eigenvalue weighted by atomic mass is 35.5. The van der Waals surface area contributed by atoms with E-state index in [0.29, 0.717) is 76.1 Å². The lowest BCUT2D eigenvalue weighted by Gasteiger charge is -2.39. The molecule has 1 aromatic rings. The van der Waals surface area contributed by atoms with Gasteiger partial charge in [-0.15, -0.1) is 24.8 Å². The lowest BCUT2D eigenvalue weighted by molar-refractivity contribution is 0.0604. The van der Waals surface area contributed by atoms with Crippen LogP contribution in [0.25, 0.3) is 0 Å². The van der Waals surface area contributed by atoms with E-state index in [2.05, 4.69) is 61.2 Å². The Labute approximate surface area is 263 Å². The number of nitrogens with zero attached hydrogens (tertiary/aromatic N) is 4. The summed E-state index contributed by atoms with van der Waals surface area (Å²) in [6.07, 6.45) is 5.20. The monoisotopic (exact) mass is 657 g/mol. The first kappa shape index (κ1) is 38.1. The van der Waals surface area contributed by atoms with E-state index in [1.807, 2.05) is 4.90 Å². The highest BCUT2D eigenvalue weighted by molar-refractivity contribution is 7.98. The molecule has 0 radical (unpaired) electrons. The van der Waals surface area contributed by atoms with Gasteiger partial charge in [0.1, 0.15) is 17.2 Å². The summed E-state index contributed by atoms with van der Waals surface area (Å²) in [6, 6.07) is -0.514. The van der Waals surface area contributed by atoms with Crippen LogP contribution in [-0.4, -0.2) is 110 Å². The minimum Gasteiger partial charge on any atom is -0.379 e. The molecular formula is C26H49Cl2N7O4S2. The summed E-state index contributed by atoms with van der Waals surface area (Å²) in [6.45, 7) is 14.1. The molecule has 1 amide bonds. The van der Waals surface area contributed by atoms with Crippen molar-refractivity contribution < 1.29 is 17.9 Å². The second kappa shape index (κ2) is 17.4. The Kier molecular flexibility index (Phi) is 16.2. The molecule has 1 aromatic heterocycles. The maximum absolute atomic E-state index is 14.1. The first-order valence-corrected chi connectivity index (χ1v) is 16.7. The van der Waals surface area contributed by atoms with Gasteiger partial charge in [0.2, 0.25) is 0 Å². The average molecular weight is 659 g/mol. The van der Waals surface area contributed by atoms with Crippen LogP contribution < -0.4 is 15.4 Å². The van der Waals surface area contributed by atoms with Crippen molar-refractivity contribution in [2.45, 2.75) is 65.0 Å². The topological polar surface area (TPSA) is 129 Å². The average Bonchev–Trinajstić information content (AvgIpc) is 2.89. The highest BCUT2D eigenvalue weighted by Gasteiger charge is 2.35. The van der Waals surface area contributed by atoms with Crippen molar-refractivity contribution in [3.8, 4) is 0 Å². The Morgan fingerprint density at radius 3 is 2.54 bits per heavy atom. The van der Waals surface area contributed by atoms with Crippen molar-refractivity contribution in [1.82, 2.24) is 29.2 Å². The van der Waals surface area contributed by atoms with E-state index in [9.17, 15) is 13.2 Å². The zero-order valence-electron chi connectivity index (χ0n) is 25.1. The molecule has 2 atom stereocenters. The van der Waals surface area contributed by atoms with Gasteiger partial charge >= 0.3 is 0 Å². The largest absolute Gasteiger partial charge is 0.379 e. The normalized spacial score (nSPS) is 20.2. The van der Waals surface area contributed by atoms with E-state index >= 15 is 0 Å². The van der Waals surface area contributed by atoms with Crippen molar-refractivity contribution in [3.05, 3.63) is 17.6 Å². The third-order valence-corrected chi connectivity index (χ3v) is 9.10. The van der Waals surface area contributed by atoms with Crippen LogP contribution in [-0.2, 0) is 20.4 Å². The van der Waals surface area contributed by atoms with Crippen LogP contribution in [0.2, 0.25) is 0 Å². The summed E-state index contributed by atoms with van der Waals surface area (Å²) in [5.74, 6) is 2.34. The number of nitrogens with one attached hydrogen (secondary N) is 3. The van der Waals surface area contributed by atoms with Crippen LogP contribution in [0, 0.1) is 5.92 Å². The van der Waals surface area contributed by atoms with Crippen molar-refractivity contribution in [3.63, 3.8) is 0 Å². The van der Waals surface area contributed by atoms with Gasteiger partial charge in [0.05, 0.1) is 13.2 Å². The standard InChI is InChI=1S/C26H47N7O4S2.2ClH/c1-19(2)18-33(21-14-20(15-27-16-21)31-39(35,36)32-9-11-37-12-10-32)24(34)22-17-29-25(26(3,4)5)30-23(22)28-8-7-13-38-6;;/h17,19-21,27,31H,7-16,18H2,1-6H3,(H,28,29,30);2*1H/t20-,21+;;/m1../s1. The molecule has 0 saturated carbocycles. The Morgan fingerprint density at radius 1 is 1.24 bits per heavy atom. The molecule has 238 valence electrons. The van der Waals surface area contributed by atoms with Crippen molar-refractivity contribution in [1.29, 1.82) is 0 Å². The number of ether oxygens (including phenoxy) is 1. The van der Waals surface area contributed by atoms with Crippen molar-refractivity contribution in [2.24, 2.45) is 5.92 Å². The van der Waals surface area contributed by atoms with E-state index in [4.69, 9.17) is 9.72 Å². The fraction of sp³-hybridized carbons (Fsp3) is 0.808. The van der Waals surface area contributed by atoms with Gasteiger partial charge in [0.15, 0.2) is 0 Å². The Hall–Kier alpha value is -0.930. The van der Waals surface area contributed by atoms with Crippen LogP contribution in [0.3, 0.4) is 0 Å². The van der Waals surface area contributed by atoms with Crippen LogP contribution in [0.4, 0.5) is 5.82 Å². The molecule has 0 aromatic carbocycles. The number of anilines is 1. The smallest absolute Gasteiger partial charge is 0.279 e. The first-order chi connectivity index (χ1) is 18.4. The maximum Gasteiger partial charge on any atom is 0.279 e. The molecule has 3 rings (SSSR count).